The van der Waals surface area contributed by atoms with Gasteiger partial charge in [0.2, 0.25) is 0 Å². The van der Waals surface area contributed by atoms with Gasteiger partial charge in [0.05, 0.1) is 5.02 Å². The van der Waals surface area contributed by atoms with E-state index in [9.17, 15) is 14.0 Å². The van der Waals surface area contributed by atoms with Gasteiger partial charge in [0.1, 0.15) is 11.4 Å². The van der Waals surface area contributed by atoms with Gasteiger partial charge in [-0.2, -0.15) is 0 Å². The van der Waals surface area contributed by atoms with Crippen molar-refractivity contribution in [1.82, 2.24) is 5.32 Å². The number of anilines is 1. The summed E-state index contributed by atoms with van der Waals surface area (Å²) >= 11 is 5.52. The van der Waals surface area contributed by atoms with E-state index in [2.05, 4.69) is 10.6 Å². The third kappa shape index (κ3) is 2.78. The van der Waals surface area contributed by atoms with Crippen molar-refractivity contribution in [3.63, 3.8) is 0 Å². The summed E-state index contributed by atoms with van der Waals surface area (Å²) < 4.78 is 13.2. The Morgan fingerprint density at radius 1 is 1.37 bits per heavy atom. The Hall–Kier alpha value is -1.82. The zero-order valence-corrected chi connectivity index (χ0v) is 10.6. The maximum Gasteiger partial charge on any atom is 0.329 e. The molecule has 1 aromatic rings. The Kier molecular flexibility index (Phi) is 3.61. The third-order valence-corrected chi connectivity index (χ3v) is 3.45. The number of carboxylic acids is 1. The van der Waals surface area contributed by atoms with Gasteiger partial charge < -0.3 is 15.7 Å². The number of aliphatic carboxylic acids is 1. The number of hydrogen-bond acceptors (Lipinski definition) is 2. The van der Waals surface area contributed by atoms with Crippen LogP contribution in [0.2, 0.25) is 5.02 Å². The zero-order valence-electron chi connectivity index (χ0n) is 9.87. The first-order chi connectivity index (χ1) is 8.93. The molecular formula is C12H12ClFN2O3. The van der Waals surface area contributed by atoms with E-state index in [4.69, 9.17) is 16.7 Å². The van der Waals surface area contributed by atoms with Crippen LogP contribution >= 0.6 is 11.6 Å². The molecule has 1 saturated carbocycles. The second-order valence-corrected chi connectivity index (χ2v) is 4.86. The lowest BCUT2D eigenvalue weighted by Crippen LogP contribution is -2.60. The van der Waals surface area contributed by atoms with E-state index in [-0.39, 0.29) is 10.7 Å². The van der Waals surface area contributed by atoms with Crippen LogP contribution in [0, 0.1) is 5.82 Å². The molecule has 1 aliphatic rings. The number of carboxylic acid groups (broad SMARTS) is 1. The monoisotopic (exact) mass is 286 g/mol. The number of nitrogens with one attached hydrogen (secondary N) is 2. The van der Waals surface area contributed by atoms with Gasteiger partial charge in [0.25, 0.3) is 0 Å². The van der Waals surface area contributed by atoms with E-state index >= 15 is 0 Å². The second kappa shape index (κ2) is 5.05. The molecular weight excluding hydrogens is 275 g/mol. The largest absolute Gasteiger partial charge is 0.480 e. The van der Waals surface area contributed by atoms with E-state index in [1.54, 1.807) is 0 Å². The first kappa shape index (κ1) is 13.6. The fourth-order valence-electron chi connectivity index (χ4n) is 1.88. The predicted octanol–water partition coefficient (Wildman–Crippen LogP) is 2.61. The summed E-state index contributed by atoms with van der Waals surface area (Å²) in [6.07, 6.45) is 1.54. The van der Waals surface area contributed by atoms with Crippen molar-refractivity contribution in [3.05, 3.63) is 29.0 Å². The van der Waals surface area contributed by atoms with Gasteiger partial charge in [0.15, 0.2) is 0 Å². The Morgan fingerprint density at radius 2 is 2.05 bits per heavy atom. The van der Waals surface area contributed by atoms with Gasteiger partial charge >= 0.3 is 12.0 Å². The minimum absolute atomic E-state index is 0.0491. The molecule has 0 aliphatic heterocycles. The molecule has 3 N–H and O–H groups in total. The molecule has 2 amide bonds. The number of rotatable bonds is 3. The highest BCUT2D eigenvalue weighted by Crippen LogP contribution is 2.32. The minimum atomic E-state index is -1.20. The van der Waals surface area contributed by atoms with Crippen LogP contribution < -0.4 is 10.6 Å². The molecule has 19 heavy (non-hydrogen) atoms. The fourth-order valence-corrected chi connectivity index (χ4v) is 1.99. The van der Waals surface area contributed by atoms with Crippen LogP contribution in [-0.2, 0) is 4.79 Å². The highest BCUT2D eigenvalue weighted by Gasteiger charge is 2.45. The Balaban J connectivity index is 2.01. The van der Waals surface area contributed by atoms with Crippen LogP contribution in [0.25, 0.3) is 0 Å². The standard InChI is InChI=1S/C12H12ClFN2O3/c13-8-3-2-7(6-9(8)14)15-11(19)16-12(10(17)18)4-1-5-12/h2-3,6H,1,4-5H2,(H,17,18)(H2,15,16,19). The number of benzene rings is 1. The summed E-state index contributed by atoms with van der Waals surface area (Å²) in [4.78, 5) is 22.8. The minimum Gasteiger partial charge on any atom is -0.480 e. The molecule has 102 valence electrons. The van der Waals surface area contributed by atoms with Crippen LogP contribution in [-0.4, -0.2) is 22.6 Å². The van der Waals surface area contributed by atoms with E-state index < -0.39 is 23.4 Å². The van der Waals surface area contributed by atoms with Gasteiger partial charge in [-0.05, 0) is 37.5 Å². The van der Waals surface area contributed by atoms with Crippen LogP contribution in [0.15, 0.2) is 18.2 Å². The van der Waals surface area contributed by atoms with Crippen LogP contribution in [0.3, 0.4) is 0 Å². The highest BCUT2D eigenvalue weighted by atomic mass is 35.5. The lowest BCUT2D eigenvalue weighted by Gasteiger charge is -2.38. The van der Waals surface area contributed by atoms with Gasteiger partial charge in [-0.1, -0.05) is 11.6 Å². The van der Waals surface area contributed by atoms with E-state index in [1.807, 2.05) is 0 Å². The summed E-state index contributed by atoms with van der Waals surface area (Å²) in [5.74, 6) is -1.72. The van der Waals surface area contributed by atoms with Crippen molar-refractivity contribution in [3.8, 4) is 0 Å². The van der Waals surface area contributed by atoms with Crippen molar-refractivity contribution in [2.75, 3.05) is 5.32 Å². The van der Waals surface area contributed by atoms with Crippen molar-refractivity contribution < 1.29 is 19.1 Å². The summed E-state index contributed by atoms with van der Waals surface area (Å²) in [6, 6.07) is 3.13. The SMILES string of the molecule is O=C(Nc1ccc(Cl)c(F)c1)NC1(C(=O)O)CCC1. The molecule has 0 bridgehead atoms. The van der Waals surface area contributed by atoms with E-state index in [1.165, 1.54) is 12.1 Å². The molecule has 0 radical (unpaired) electrons. The lowest BCUT2D eigenvalue weighted by molar-refractivity contribution is -0.148. The number of carbonyl (C=O) groups is 2. The normalized spacial score (nSPS) is 16.3. The Bertz CT molecular complexity index is 532. The number of amides is 2. The summed E-state index contributed by atoms with van der Waals surface area (Å²) in [7, 11) is 0. The number of urea groups is 1. The number of carbonyl (C=O) groups excluding carboxylic acids is 1. The first-order valence-electron chi connectivity index (χ1n) is 5.70. The van der Waals surface area contributed by atoms with Crippen molar-refractivity contribution in [2.45, 2.75) is 24.8 Å². The quantitative estimate of drug-likeness (QED) is 0.799. The molecule has 0 aromatic heterocycles. The molecule has 7 heteroatoms. The molecule has 0 spiro atoms. The van der Waals surface area contributed by atoms with Gasteiger partial charge in [-0.25, -0.2) is 14.0 Å². The van der Waals surface area contributed by atoms with Gasteiger partial charge in [-0.15, -0.1) is 0 Å². The highest BCUT2D eigenvalue weighted by molar-refractivity contribution is 6.30. The molecule has 5 nitrogen and oxygen atoms in total. The molecule has 1 aliphatic carbocycles. The Labute approximate surface area is 113 Å². The summed E-state index contributed by atoms with van der Waals surface area (Å²) in [6.45, 7) is 0. The second-order valence-electron chi connectivity index (χ2n) is 4.45. The average Bonchev–Trinajstić information content (AvgIpc) is 2.28. The van der Waals surface area contributed by atoms with Crippen LogP contribution in [0.4, 0.5) is 14.9 Å². The van der Waals surface area contributed by atoms with E-state index in [0.717, 1.165) is 12.5 Å². The molecule has 2 rings (SSSR count). The number of halogens is 2. The molecule has 0 saturated heterocycles. The molecule has 1 aromatic carbocycles. The molecule has 1 fully saturated rings. The van der Waals surface area contributed by atoms with Crippen LogP contribution in [0.5, 0.6) is 0 Å². The first-order valence-corrected chi connectivity index (χ1v) is 6.08. The molecule has 0 heterocycles. The predicted molar refractivity (Wildman–Crippen MR) is 67.8 cm³/mol. The van der Waals surface area contributed by atoms with Gasteiger partial charge in [-0.3, -0.25) is 0 Å². The average molecular weight is 287 g/mol. The summed E-state index contributed by atoms with van der Waals surface area (Å²) in [5.41, 5.74) is -0.992. The lowest BCUT2D eigenvalue weighted by atomic mass is 9.77. The zero-order chi connectivity index (χ0) is 14.0. The molecule has 0 atom stereocenters. The van der Waals surface area contributed by atoms with E-state index in [0.29, 0.717) is 12.8 Å². The van der Waals surface area contributed by atoms with Crippen molar-refractivity contribution in [1.29, 1.82) is 0 Å². The molecule has 0 unspecified atom stereocenters. The topological polar surface area (TPSA) is 78.4 Å². The maximum absolute atomic E-state index is 13.2. The fraction of sp³-hybridized carbons (Fsp3) is 0.333. The maximum atomic E-state index is 13.2. The third-order valence-electron chi connectivity index (χ3n) is 3.15. The smallest absolute Gasteiger partial charge is 0.329 e. The van der Waals surface area contributed by atoms with Gasteiger partial charge in [0, 0.05) is 5.69 Å². The Morgan fingerprint density at radius 3 is 2.53 bits per heavy atom. The van der Waals surface area contributed by atoms with Crippen molar-refractivity contribution in [2.24, 2.45) is 0 Å². The van der Waals surface area contributed by atoms with Crippen LogP contribution in [0.1, 0.15) is 19.3 Å². The van der Waals surface area contributed by atoms with Crippen molar-refractivity contribution >= 4 is 29.3 Å². The number of hydrogen-bond donors (Lipinski definition) is 3. The summed E-state index contributed by atoms with van der Waals surface area (Å²) in [5, 5.41) is 13.8.